The summed E-state index contributed by atoms with van der Waals surface area (Å²) in [4.78, 5) is 0. The maximum Gasteiger partial charge on any atom is -0.0178 e. The highest BCUT2D eigenvalue weighted by atomic mass is 14.1. The lowest BCUT2D eigenvalue weighted by molar-refractivity contribution is 1.22. The molecule has 0 aliphatic heterocycles. The van der Waals surface area contributed by atoms with Crippen LogP contribution in [0.2, 0.25) is 0 Å². The van der Waals surface area contributed by atoms with Crippen molar-refractivity contribution in [2.75, 3.05) is 0 Å². The quantitative estimate of drug-likeness (QED) is 0.493. The summed E-state index contributed by atoms with van der Waals surface area (Å²) in [5, 5.41) is 0. The zero-order chi connectivity index (χ0) is 15.5. The van der Waals surface area contributed by atoms with Crippen LogP contribution in [0, 0.1) is 0 Å². The molecule has 0 nitrogen and oxygen atoms in total. The lowest BCUT2D eigenvalue weighted by Gasteiger charge is -2.07. The van der Waals surface area contributed by atoms with Crippen molar-refractivity contribution >= 4 is 11.1 Å². The van der Waals surface area contributed by atoms with Crippen LogP contribution in [0.1, 0.15) is 44.7 Å². The summed E-state index contributed by atoms with van der Waals surface area (Å²) in [5.74, 6) is 0. The number of rotatable bonds is 7. The molecule has 0 bridgehead atoms. The van der Waals surface area contributed by atoms with Gasteiger partial charge in [-0.3, -0.25) is 0 Å². The Kier molecular flexibility index (Phi) is 7.89. The molecule has 0 amide bonds. The third-order valence-corrected chi connectivity index (χ3v) is 3.24. The summed E-state index contributed by atoms with van der Waals surface area (Å²) in [6.07, 6.45) is 16.9. The number of benzene rings is 1. The monoisotopic (exact) mass is 278 g/mol. The van der Waals surface area contributed by atoms with Gasteiger partial charge in [-0.25, -0.2) is 0 Å². The maximum absolute atomic E-state index is 3.93. The molecule has 0 saturated carbocycles. The van der Waals surface area contributed by atoms with E-state index < -0.39 is 0 Å². The zero-order valence-electron chi connectivity index (χ0n) is 13.5. The maximum atomic E-state index is 3.93. The van der Waals surface area contributed by atoms with Gasteiger partial charge in [-0.05, 0) is 48.1 Å². The van der Waals surface area contributed by atoms with Crippen LogP contribution in [0.4, 0.5) is 0 Å². The van der Waals surface area contributed by atoms with Gasteiger partial charge in [0, 0.05) is 0 Å². The Labute approximate surface area is 129 Å². The van der Waals surface area contributed by atoms with Gasteiger partial charge >= 0.3 is 0 Å². The molecule has 0 unspecified atom stereocenters. The average molecular weight is 278 g/mol. The van der Waals surface area contributed by atoms with E-state index in [-0.39, 0.29) is 0 Å². The first-order chi connectivity index (χ1) is 10.3. The van der Waals surface area contributed by atoms with E-state index in [1.165, 1.54) is 16.7 Å². The second-order valence-electron chi connectivity index (χ2n) is 4.80. The SMILES string of the molecule is C=C/C(=C\C=C/CC)c1cccc(C(/C=C\CC)=C/C)c1. The summed E-state index contributed by atoms with van der Waals surface area (Å²) < 4.78 is 0. The van der Waals surface area contributed by atoms with Crippen LogP contribution < -0.4 is 0 Å². The van der Waals surface area contributed by atoms with Gasteiger partial charge in [0.1, 0.15) is 0 Å². The molecule has 0 spiro atoms. The van der Waals surface area contributed by atoms with E-state index in [1.807, 2.05) is 6.08 Å². The first kappa shape index (κ1) is 17.0. The van der Waals surface area contributed by atoms with Gasteiger partial charge in [0.25, 0.3) is 0 Å². The predicted octanol–water partition coefficient (Wildman–Crippen LogP) is 6.59. The van der Waals surface area contributed by atoms with E-state index >= 15 is 0 Å². The normalized spacial score (nSPS) is 13.3. The van der Waals surface area contributed by atoms with Crippen LogP contribution in [-0.4, -0.2) is 0 Å². The molecule has 110 valence electrons. The summed E-state index contributed by atoms with van der Waals surface area (Å²) in [7, 11) is 0. The topological polar surface area (TPSA) is 0 Å². The molecular formula is C21H26. The molecule has 0 heterocycles. The predicted molar refractivity (Wildman–Crippen MR) is 97.1 cm³/mol. The minimum absolute atomic E-state index is 1.05. The highest BCUT2D eigenvalue weighted by molar-refractivity contribution is 5.80. The van der Waals surface area contributed by atoms with Crippen molar-refractivity contribution in [3.8, 4) is 0 Å². The summed E-state index contributed by atoms with van der Waals surface area (Å²) in [6.45, 7) is 10.3. The van der Waals surface area contributed by atoms with Gasteiger partial charge in [-0.1, -0.05) is 81.2 Å². The Balaban J connectivity index is 3.14. The Morgan fingerprint density at radius 2 is 1.71 bits per heavy atom. The molecule has 1 aromatic rings. The van der Waals surface area contributed by atoms with Crippen LogP contribution in [0.3, 0.4) is 0 Å². The molecule has 0 aromatic heterocycles. The van der Waals surface area contributed by atoms with E-state index in [4.69, 9.17) is 0 Å². The van der Waals surface area contributed by atoms with E-state index in [0.717, 1.165) is 18.4 Å². The molecular weight excluding hydrogens is 252 g/mol. The molecule has 1 aromatic carbocycles. The Hall–Kier alpha value is -2.08. The third-order valence-electron chi connectivity index (χ3n) is 3.24. The third kappa shape index (κ3) is 5.43. The second-order valence-corrected chi connectivity index (χ2v) is 4.80. The van der Waals surface area contributed by atoms with Crippen LogP contribution in [0.25, 0.3) is 11.1 Å². The Morgan fingerprint density at radius 3 is 2.29 bits per heavy atom. The fraction of sp³-hybridized carbons (Fsp3) is 0.238. The van der Waals surface area contributed by atoms with Crippen molar-refractivity contribution in [3.05, 3.63) is 84.5 Å². The van der Waals surface area contributed by atoms with Crippen molar-refractivity contribution in [2.45, 2.75) is 33.6 Å². The summed E-state index contributed by atoms with van der Waals surface area (Å²) >= 11 is 0. The average Bonchev–Trinajstić information content (AvgIpc) is 2.53. The van der Waals surface area contributed by atoms with Crippen LogP contribution in [0.5, 0.6) is 0 Å². The van der Waals surface area contributed by atoms with Gasteiger partial charge < -0.3 is 0 Å². The number of allylic oxidation sites excluding steroid dienone is 9. The van der Waals surface area contributed by atoms with Crippen LogP contribution in [-0.2, 0) is 0 Å². The van der Waals surface area contributed by atoms with Gasteiger partial charge in [-0.15, -0.1) is 0 Å². The van der Waals surface area contributed by atoms with Crippen molar-refractivity contribution in [1.29, 1.82) is 0 Å². The van der Waals surface area contributed by atoms with Crippen molar-refractivity contribution < 1.29 is 0 Å². The minimum atomic E-state index is 1.05. The summed E-state index contributed by atoms with van der Waals surface area (Å²) in [6, 6.07) is 8.62. The fourth-order valence-corrected chi connectivity index (χ4v) is 2.07. The standard InChI is InChI=1S/C21H26/c1-5-9-11-14-19(8-4)21-16-12-15-20(17-21)18(7-3)13-10-6-2/h7-17H,4-6H2,1-3H3/b11-9-,13-10-,18-7+,19-14+. The number of hydrogen-bond acceptors (Lipinski definition) is 0. The second kappa shape index (κ2) is 9.77. The van der Waals surface area contributed by atoms with Gasteiger partial charge in [0.2, 0.25) is 0 Å². The Bertz CT molecular complexity index is 565. The highest BCUT2D eigenvalue weighted by Gasteiger charge is 2.01. The molecule has 0 aliphatic carbocycles. The smallest absolute Gasteiger partial charge is 0.0178 e. The van der Waals surface area contributed by atoms with Gasteiger partial charge in [0.05, 0.1) is 0 Å². The van der Waals surface area contributed by atoms with E-state index in [1.54, 1.807) is 0 Å². The van der Waals surface area contributed by atoms with Crippen molar-refractivity contribution in [1.82, 2.24) is 0 Å². The Morgan fingerprint density at radius 1 is 1.05 bits per heavy atom. The van der Waals surface area contributed by atoms with Crippen molar-refractivity contribution in [2.24, 2.45) is 0 Å². The largest absolute Gasteiger partial charge is 0.0984 e. The molecule has 1 rings (SSSR count). The van der Waals surface area contributed by atoms with E-state index in [9.17, 15) is 0 Å². The molecule has 0 aliphatic rings. The highest BCUT2D eigenvalue weighted by Crippen LogP contribution is 2.22. The van der Waals surface area contributed by atoms with Crippen molar-refractivity contribution in [3.63, 3.8) is 0 Å². The molecule has 0 heteroatoms. The van der Waals surface area contributed by atoms with Crippen LogP contribution in [0.15, 0.2) is 73.4 Å². The van der Waals surface area contributed by atoms with Gasteiger partial charge in [-0.2, -0.15) is 0 Å². The molecule has 0 radical (unpaired) electrons. The molecule has 21 heavy (non-hydrogen) atoms. The lowest BCUT2D eigenvalue weighted by atomic mass is 9.98. The van der Waals surface area contributed by atoms with E-state index in [0.29, 0.717) is 0 Å². The van der Waals surface area contributed by atoms with Crippen LogP contribution >= 0.6 is 0 Å². The molecule has 0 saturated heterocycles. The lowest BCUT2D eigenvalue weighted by Crippen LogP contribution is -1.86. The molecule has 0 fully saturated rings. The zero-order valence-corrected chi connectivity index (χ0v) is 13.5. The van der Waals surface area contributed by atoms with Gasteiger partial charge in [0.15, 0.2) is 0 Å². The van der Waals surface area contributed by atoms with E-state index in [2.05, 4.69) is 88.1 Å². The molecule has 0 atom stereocenters. The first-order valence-electron chi connectivity index (χ1n) is 7.69. The number of hydrogen-bond donors (Lipinski definition) is 0. The fourth-order valence-electron chi connectivity index (χ4n) is 2.07. The molecule has 0 N–H and O–H groups in total. The first-order valence-corrected chi connectivity index (χ1v) is 7.69. The summed E-state index contributed by atoms with van der Waals surface area (Å²) in [5.41, 5.74) is 4.85. The minimum Gasteiger partial charge on any atom is -0.0984 e.